The molecule has 5 heteroatoms. The van der Waals surface area contributed by atoms with Gasteiger partial charge in [-0.1, -0.05) is 109 Å². The van der Waals surface area contributed by atoms with Crippen molar-refractivity contribution in [3.8, 4) is 0 Å². The molecule has 1 aromatic carbocycles. The Bertz CT molecular complexity index is 953. The first-order valence-electron chi connectivity index (χ1n) is 13.9. The zero-order valence-electron chi connectivity index (χ0n) is 22.7. The third kappa shape index (κ3) is 5.98. The Labute approximate surface area is 216 Å². The number of ether oxygens (including phenoxy) is 1. The molecule has 36 heavy (non-hydrogen) atoms. The first kappa shape index (κ1) is 28.7. The standard InChI is InChI=1S/C31H44F2O3/c1-21(2)11-8-12-22(3)13-9-14-23(4)15-10-16-24(5)19-20-30-27(34)25-17-6-7-18-26(25)28(35)31(30,36-30)29(32)33/h6-7,17-19,21-23,29H,8-16,20H2,1-5H3/b24-19+. The predicted octanol–water partition coefficient (Wildman–Crippen LogP) is 8.61. The zero-order valence-corrected chi connectivity index (χ0v) is 22.7. The highest BCUT2D eigenvalue weighted by Crippen LogP contribution is 2.60. The number of carbonyl (C=O) groups is 2. The fourth-order valence-corrected chi connectivity index (χ4v) is 5.72. The van der Waals surface area contributed by atoms with E-state index in [1.54, 1.807) is 12.1 Å². The van der Waals surface area contributed by atoms with Gasteiger partial charge in [-0.3, -0.25) is 9.59 Å². The summed E-state index contributed by atoms with van der Waals surface area (Å²) in [6, 6.07) is 6.18. The maximum Gasteiger partial charge on any atom is 0.278 e. The molecule has 1 saturated heterocycles. The summed E-state index contributed by atoms with van der Waals surface area (Å²) in [5, 5.41) is 0. The molecule has 0 bridgehead atoms. The van der Waals surface area contributed by atoms with Gasteiger partial charge < -0.3 is 4.74 Å². The van der Waals surface area contributed by atoms with Gasteiger partial charge in [-0.25, -0.2) is 8.78 Å². The molecule has 0 saturated carbocycles. The van der Waals surface area contributed by atoms with Crippen LogP contribution in [0.15, 0.2) is 35.9 Å². The Morgan fingerprint density at radius 3 is 1.94 bits per heavy atom. The van der Waals surface area contributed by atoms with Gasteiger partial charge in [-0.05, 0) is 37.5 Å². The van der Waals surface area contributed by atoms with E-state index in [-0.39, 0.29) is 17.5 Å². The average Bonchev–Trinajstić information content (AvgIpc) is 3.54. The molecular formula is C31H44F2O3. The molecular weight excluding hydrogens is 458 g/mol. The van der Waals surface area contributed by atoms with Crippen LogP contribution in [0, 0.1) is 17.8 Å². The molecule has 0 radical (unpaired) electrons. The van der Waals surface area contributed by atoms with Crippen LogP contribution in [0.4, 0.5) is 8.78 Å². The summed E-state index contributed by atoms with van der Waals surface area (Å²) in [6.07, 6.45) is 9.57. The van der Waals surface area contributed by atoms with Crippen LogP contribution in [0.3, 0.4) is 0 Å². The molecule has 1 aliphatic heterocycles. The van der Waals surface area contributed by atoms with E-state index in [0.29, 0.717) is 5.92 Å². The fraction of sp³-hybridized carbons (Fsp3) is 0.677. The lowest BCUT2D eigenvalue weighted by atomic mass is 9.72. The van der Waals surface area contributed by atoms with E-state index >= 15 is 0 Å². The molecule has 2 aliphatic rings. The summed E-state index contributed by atoms with van der Waals surface area (Å²) in [7, 11) is 0. The van der Waals surface area contributed by atoms with Crippen LogP contribution in [0.1, 0.15) is 120 Å². The number of benzene rings is 1. The van der Waals surface area contributed by atoms with Crippen molar-refractivity contribution in [2.75, 3.05) is 0 Å². The number of hydrogen-bond acceptors (Lipinski definition) is 3. The van der Waals surface area contributed by atoms with Crippen molar-refractivity contribution in [3.63, 3.8) is 0 Å². The maximum absolute atomic E-state index is 14.1. The van der Waals surface area contributed by atoms with Crippen LogP contribution in [-0.2, 0) is 4.74 Å². The first-order chi connectivity index (χ1) is 17.0. The van der Waals surface area contributed by atoms with E-state index in [0.717, 1.165) is 36.7 Å². The van der Waals surface area contributed by atoms with Crippen LogP contribution >= 0.6 is 0 Å². The molecule has 4 unspecified atom stereocenters. The summed E-state index contributed by atoms with van der Waals surface area (Å²) in [4.78, 5) is 26.0. The van der Waals surface area contributed by atoms with Crippen LogP contribution in [-0.4, -0.2) is 29.2 Å². The lowest BCUT2D eigenvalue weighted by Gasteiger charge is -2.24. The highest BCUT2D eigenvalue weighted by molar-refractivity contribution is 6.25. The number of Topliss-reactive ketones (excluding diaryl/α,β-unsaturated/α-hetero) is 2. The summed E-state index contributed by atoms with van der Waals surface area (Å²) in [6.45, 7) is 11.2. The Hall–Kier alpha value is -1.88. The second-order valence-electron chi connectivity index (χ2n) is 11.8. The zero-order chi connectivity index (χ0) is 26.5. The highest BCUT2D eigenvalue weighted by atomic mass is 19.3. The number of ketones is 2. The van der Waals surface area contributed by atoms with E-state index in [1.807, 2.05) is 13.0 Å². The molecule has 0 N–H and O–H groups in total. The summed E-state index contributed by atoms with van der Waals surface area (Å²) in [5.41, 5.74) is -2.84. The van der Waals surface area contributed by atoms with Crippen molar-refractivity contribution in [1.29, 1.82) is 0 Å². The molecule has 3 nitrogen and oxygen atoms in total. The number of allylic oxidation sites excluding steroid dienone is 1. The van der Waals surface area contributed by atoms with Gasteiger partial charge in [-0.15, -0.1) is 0 Å². The van der Waals surface area contributed by atoms with Crippen molar-refractivity contribution in [3.05, 3.63) is 47.0 Å². The first-order valence-corrected chi connectivity index (χ1v) is 13.9. The van der Waals surface area contributed by atoms with Crippen molar-refractivity contribution < 1.29 is 23.1 Å². The highest BCUT2D eigenvalue weighted by Gasteiger charge is 2.84. The van der Waals surface area contributed by atoms with Gasteiger partial charge in [0.25, 0.3) is 6.43 Å². The SMILES string of the molecule is C/C(=C\CC12OC1(C(F)F)C(=O)c1ccccc1C2=O)CCCC(C)CCCC(C)CCCC(C)C. The van der Waals surface area contributed by atoms with E-state index in [9.17, 15) is 18.4 Å². The van der Waals surface area contributed by atoms with Crippen molar-refractivity contribution in [2.45, 2.75) is 116 Å². The van der Waals surface area contributed by atoms with Crippen molar-refractivity contribution in [1.82, 2.24) is 0 Å². The third-order valence-corrected chi connectivity index (χ3v) is 8.20. The van der Waals surface area contributed by atoms with Gasteiger partial charge in [0.05, 0.1) is 0 Å². The van der Waals surface area contributed by atoms with E-state index in [1.165, 1.54) is 50.7 Å². The second kappa shape index (κ2) is 12.1. The molecule has 200 valence electrons. The monoisotopic (exact) mass is 502 g/mol. The smallest absolute Gasteiger partial charge is 0.278 e. The van der Waals surface area contributed by atoms with E-state index < -0.39 is 29.2 Å². The van der Waals surface area contributed by atoms with E-state index in [4.69, 9.17) is 4.74 Å². The fourth-order valence-electron chi connectivity index (χ4n) is 5.72. The van der Waals surface area contributed by atoms with Crippen LogP contribution in [0.5, 0.6) is 0 Å². The van der Waals surface area contributed by atoms with Gasteiger partial charge in [0.2, 0.25) is 11.4 Å². The van der Waals surface area contributed by atoms with E-state index in [2.05, 4.69) is 27.7 Å². The number of epoxide rings is 1. The Morgan fingerprint density at radius 1 is 0.861 bits per heavy atom. The second-order valence-corrected chi connectivity index (χ2v) is 11.8. The van der Waals surface area contributed by atoms with Gasteiger partial charge in [0, 0.05) is 17.5 Å². The Morgan fingerprint density at radius 2 is 1.39 bits per heavy atom. The number of alkyl halides is 2. The van der Waals surface area contributed by atoms with Crippen LogP contribution in [0.25, 0.3) is 0 Å². The topological polar surface area (TPSA) is 46.7 Å². The van der Waals surface area contributed by atoms with Crippen LogP contribution in [0.2, 0.25) is 0 Å². The molecule has 0 amide bonds. The van der Waals surface area contributed by atoms with Crippen molar-refractivity contribution >= 4 is 11.6 Å². The summed E-state index contributed by atoms with van der Waals surface area (Å²) >= 11 is 0. The normalized spacial score (nSPS) is 25.2. The number of halogens is 2. The molecule has 1 aromatic rings. The number of fused-ring (bicyclic) bond motifs is 2. The lowest BCUT2D eigenvalue weighted by Crippen LogP contribution is -2.49. The number of hydrogen-bond donors (Lipinski definition) is 0. The van der Waals surface area contributed by atoms with Crippen molar-refractivity contribution in [2.24, 2.45) is 17.8 Å². The molecule has 3 rings (SSSR count). The molecule has 1 heterocycles. The Balaban J connectivity index is 1.46. The molecule has 4 atom stereocenters. The minimum absolute atomic E-state index is 0.00628. The molecule has 0 spiro atoms. The number of carbonyl (C=O) groups excluding carboxylic acids is 2. The summed E-state index contributed by atoms with van der Waals surface area (Å²) in [5.74, 6) is 0.967. The quantitative estimate of drug-likeness (QED) is 0.178. The largest absolute Gasteiger partial charge is 0.339 e. The average molecular weight is 503 g/mol. The molecule has 1 fully saturated rings. The predicted molar refractivity (Wildman–Crippen MR) is 141 cm³/mol. The van der Waals surface area contributed by atoms with Crippen LogP contribution < -0.4 is 0 Å². The lowest BCUT2D eigenvalue weighted by molar-refractivity contribution is 0.0384. The minimum Gasteiger partial charge on any atom is -0.339 e. The van der Waals surface area contributed by atoms with Gasteiger partial charge in [0.1, 0.15) is 0 Å². The summed E-state index contributed by atoms with van der Waals surface area (Å²) < 4.78 is 33.5. The van der Waals surface area contributed by atoms with Gasteiger partial charge in [-0.2, -0.15) is 0 Å². The number of rotatable bonds is 15. The minimum atomic E-state index is -3.05. The van der Waals surface area contributed by atoms with Gasteiger partial charge >= 0.3 is 0 Å². The Kier molecular flexibility index (Phi) is 9.65. The molecule has 1 aliphatic carbocycles. The molecule has 0 aromatic heterocycles. The van der Waals surface area contributed by atoms with Gasteiger partial charge in [0.15, 0.2) is 11.4 Å². The third-order valence-electron chi connectivity index (χ3n) is 8.20. The maximum atomic E-state index is 14.1.